The maximum atomic E-state index is 14.4. The van der Waals surface area contributed by atoms with Gasteiger partial charge in [0.15, 0.2) is 5.82 Å². The van der Waals surface area contributed by atoms with Crippen molar-refractivity contribution in [3.8, 4) is 11.8 Å². The van der Waals surface area contributed by atoms with Gasteiger partial charge < -0.3 is 19.7 Å². The van der Waals surface area contributed by atoms with Crippen LogP contribution in [0.4, 0.5) is 13.2 Å². The summed E-state index contributed by atoms with van der Waals surface area (Å²) in [6.45, 7) is 0.919. The van der Waals surface area contributed by atoms with Crippen molar-refractivity contribution in [3.63, 3.8) is 0 Å². The van der Waals surface area contributed by atoms with Crippen LogP contribution < -0.4 is 14.8 Å². The van der Waals surface area contributed by atoms with Crippen LogP contribution in [0, 0.1) is 5.82 Å². The first kappa shape index (κ1) is 22.5. The third-order valence-corrected chi connectivity index (χ3v) is 4.96. The Bertz CT molecular complexity index is 702. The number of halogens is 4. The standard InChI is InChI=1S/C18H24F3N3O3.ClH/c1-24(17(25)14-4-3-7-22-14)10-11-8-13(19)16(23-15(11)26-2)27-12-5-6-18(20,21)9-12;/h8,12,14,22H,3-7,9-10H2,1-2H3;1H/t12-,14-;/m0./s1. The molecule has 1 N–H and O–H groups in total. The maximum absolute atomic E-state index is 14.4. The highest BCUT2D eigenvalue weighted by molar-refractivity contribution is 5.85. The van der Waals surface area contributed by atoms with Crippen molar-refractivity contribution in [2.45, 2.75) is 56.7 Å². The van der Waals surface area contributed by atoms with Crippen molar-refractivity contribution in [1.82, 2.24) is 15.2 Å². The van der Waals surface area contributed by atoms with Gasteiger partial charge in [-0.1, -0.05) is 0 Å². The quantitative estimate of drug-likeness (QED) is 0.762. The van der Waals surface area contributed by atoms with Gasteiger partial charge in [-0.05, 0) is 31.9 Å². The fourth-order valence-corrected chi connectivity index (χ4v) is 3.53. The Morgan fingerprint density at radius 3 is 2.71 bits per heavy atom. The van der Waals surface area contributed by atoms with Crippen LogP contribution in [0.2, 0.25) is 0 Å². The van der Waals surface area contributed by atoms with Gasteiger partial charge in [-0.3, -0.25) is 4.79 Å². The summed E-state index contributed by atoms with van der Waals surface area (Å²) in [4.78, 5) is 17.9. The number of carbonyl (C=O) groups excluding carboxylic acids is 1. The molecule has 2 atom stereocenters. The molecule has 2 heterocycles. The summed E-state index contributed by atoms with van der Waals surface area (Å²) in [5, 5.41) is 3.13. The fourth-order valence-electron chi connectivity index (χ4n) is 3.53. The highest BCUT2D eigenvalue weighted by atomic mass is 35.5. The lowest BCUT2D eigenvalue weighted by Gasteiger charge is -2.22. The number of methoxy groups -OCH3 is 1. The van der Waals surface area contributed by atoms with E-state index < -0.39 is 24.3 Å². The molecule has 0 spiro atoms. The van der Waals surface area contributed by atoms with E-state index in [0.29, 0.717) is 5.56 Å². The molecule has 1 amide bonds. The highest BCUT2D eigenvalue weighted by Crippen LogP contribution is 2.37. The van der Waals surface area contributed by atoms with E-state index in [9.17, 15) is 18.0 Å². The molecule has 0 unspecified atom stereocenters. The van der Waals surface area contributed by atoms with E-state index in [1.807, 2.05) is 0 Å². The second-order valence-corrected chi connectivity index (χ2v) is 7.13. The molecule has 2 aliphatic rings. The number of nitrogens with zero attached hydrogens (tertiary/aromatic N) is 2. The minimum absolute atomic E-state index is 0. The van der Waals surface area contributed by atoms with Crippen LogP contribution in [0.1, 0.15) is 37.7 Å². The monoisotopic (exact) mass is 423 g/mol. The molecule has 6 nitrogen and oxygen atoms in total. The van der Waals surface area contributed by atoms with Crippen LogP contribution in [0.5, 0.6) is 11.8 Å². The molecule has 0 radical (unpaired) electrons. The van der Waals surface area contributed by atoms with Crippen LogP contribution in [0.3, 0.4) is 0 Å². The maximum Gasteiger partial charge on any atom is 0.254 e. The van der Waals surface area contributed by atoms with Gasteiger partial charge in [0.25, 0.3) is 11.8 Å². The molecule has 1 aliphatic heterocycles. The average Bonchev–Trinajstić information content (AvgIpc) is 3.26. The molecule has 158 valence electrons. The zero-order valence-electron chi connectivity index (χ0n) is 15.8. The Morgan fingerprint density at radius 2 is 2.14 bits per heavy atom. The smallest absolute Gasteiger partial charge is 0.254 e. The SMILES string of the molecule is COc1nc(O[C@H]2CCC(F)(F)C2)c(F)cc1CN(C)C(=O)[C@@H]1CCCN1.Cl. The fraction of sp³-hybridized carbons (Fsp3) is 0.667. The summed E-state index contributed by atoms with van der Waals surface area (Å²) in [5.41, 5.74) is 0.382. The van der Waals surface area contributed by atoms with E-state index in [4.69, 9.17) is 9.47 Å². The minimum Gasteiger partial charge on any atom is -0.481 e. The number of aromatic nitrogens is 1. The molecular formula is C18H25ClF3N3O3. The number of hydrogen-bond acceptors (Lipinski definition) is 5. The number of hydrogen-bond donors (Lipinski definition) is 1. The zero-order valence-corrected chi connectivity index (χ0v) is 16.7. The second kappa shape index (κ2) is 9.17. The first-order chi connectivity index (χ1) is 12.8. The van der Waals surface area contributed by atoms with Gasteiger partial charge in [0.2, 0.25) is 11.8 Å². The number of nitrogens with one attached hydrogen (secondary N) is 1. The lowest BCUT2D eigenvalue weighted by atomic mass is 10.2. The van der Waals surface area contributed by atoms with Gasteiger partial charge in [-0.2, -0.15) is 4.98 Å². The first-order valence-electron chi connectivity index (χ1n) is 9.05. The highest BCUT2D eigenvalue weighted by Gasteiger charge is 2.41. The first-order valence-corrected chi connectivity index (χ1v) is 9.05. The number of likely N-dealkylation sites (N-methyl/N-ethyl adjacent to an activating group) is 1. The molecule has 1 saturated carbocycles. The van der Waals surface area contributed by atoms with Gasteiger partial charge in [0, 0.05) is 25.5 Å². The van der Waals surface area contributed by atoms with Crippen molar-refractivity contribution in [2.24, 2.45) is 0 Å². The number of rotatable bonds is 6. The Balaban J connectivity index is 0.00000280. The lowest BCUT2D eigenvalue weighted by molar-refractivity contribution is -0.132. The van der Waals surface area contributed by atoms with Crippen molar-refractivity contribution in [3.05, 3.63) is 17.4 Å². The molecule has 1 aromatic rings. The normalized spacial score (nSPS) is 23.2. The van der Waals surface area contributed by atoms with Crippen LogP contribution in [-0.4, -0.2) is 54.6 Å². The minimum atomic E-state index is -2.79. The predicted molar refractivity (Wildman–Crippen MR) is 98.7 cm³/mol. The van der Waals surface area contributed by atoms with Crippen LogP contribution in [-0.2, 0) is 11.3 Å². The number of ether oxygens (including phenoxy) is 2. The second-order valence-electron chi connectivity index (χ2n) is 7.13. The summed E-state index contributed by atoms with van der Waals surface area (Å²) in [7, 11) is 3.00. The molecule has 2 fully saturated rings. The Hall–Kier alpha value is -1.74. The van der Waals surface area contributed by atoms with Gasteiger partial charge >= 0.3 is 0 Å². The Morgan fingerprint density at radius 1 is 1.39 bits per heavy atom. The van der Waals surface area contributed by atoms with Gasteiger partial charge in [0.05, 0.1) is 19.7 Å². The molecule has 28 heavy (non-hydrogen) atoms. The van der Waals surface area contributed by atoms with Gasteiger partial charge in [-0.15, -0.1) is 12.4 Å². The summed E-state index contributed by atoms with van der Waals surface area (Å²) in [6.07, 6.45) is 0.335. The molecule has 10 heteroatoms. The Kier molecular flexibility index (Phi) is 7.39. The topological polar surface area (TPSA) is 63.7 Å². The van der Waals surface area contributed by atoms with E-state index >= 15 is 0 Å². The number of amides is 1. The van der Waals surface area contributed by atoms with E-state index in [-0.39, 0.29) is 55.5 Å². The van der Waals surface area contributed by atoms with Crippen LogP contribution >= 0.6 is 12.4 Å². The number of carbonyl (C=O) groups is 1. The van der Waals surface area contributed by atoms with Crippen molar-refractivity contribution in [2.75, 3.05) is 20.7 Å². The third kappa shape index (κ3) is 5.20. The van der Waals surface area contributed by atoms with Crippen LogP contribution in [0.15, 0.2) is 6.07 Å². The zero-order chi connectivity index (χ0) is 19.6. The predicted octanol–water partition coefficient (Wildman–Crippen LogP) is 2.93. The molecule has 0 aromatic carbocycles. The molecule has 3 rings (SSSR count). The molecule has 0 bridgehead atoms. The van der Waals surface area contributed by atoms with Crippen molar-refractivity contribution < 1.29 is 27.4 Å². The van der Waals surface area contributed by atoms with E-state index in [1.54, 1.807) is 7.05 Å². The van der Waals surface area contributed by atoms with Gasteiger partial charge in [-0.25, -0.2) is 13.2 Å². The van der Waals surface area contributed by atoms with Gasteiger partial charge in [0.1, 0.15) is 6.10 Å². The summed E-state index contributed by atoms with van der Waals surface area (Å²) in [5.74, 6) is -3.88. The van der Waals surface area contributed by atoms with E-state index in [2.05, 4.69) is 10.3 Å². The molecular weight excluding hydrogens is 399 g/mol. The molecule has 1 saturated heterocycles. The number of pyridine rings is 1. The van der Waals surface area contributed by atoms with Crippen molar-refractivity contribution >= 4 is 18.3 Å². The van der Waals surface area contributed by atoms with E-state index in [1.165, 1.54) is 18.1 Å². The summed E-state index contributed by atoms with van der Waals surface area (Å²) >= 11 is 0. The molecule has 1 aromatic heterocycles. The Labute approximate surface area is 168 Å². The largest absolute Gasteiger partial charge is 0.481 e. The summed E-state index contributed by atoms with van der Waals surface area (Å²) < 4.78 is 51.5. The van der Waals surface area contributed by atoms with E-state index in [0.717, 1.165) is 19.4 Å². The summed E-state index contributed by atoms with van der Waals surface area (Å²) in [6, 6.07) is 0.950. The number of alkyl halides is 2. The molecule has 1 aliphatic carbocycles. The van der Waals surface area contributed by atoms with Crippen LogP contribution in [0.25, 0.3) is 0 Å². The third-order valence-electron chi connectivity index (χ3n) is 4.96. The van der Waals surface area contributed by atoms with Crippen molar-refractivity contribution in [1.29, 1.82) is 0 Å². The lowest BCUT2D eigenvalue weighted by Crippen LogP contribution is -2.41. The average molecular weight is 424 g/mol.